The minimum Gasteiger partial charge on any atom is -0.491 e. The van der Waals surface area contributed by atoms with Gasteiger partial charge in [-0.1, -0.05) is 28.9 Å². The van der Waals surface area contributed by atoms with Crippen LogP contribution < -0.4 is 14.8 Å². The Kier molecular flexibility index (Phi) is 7.39. The number of anilines is 1. The van der Waals surface area contributed by atoms with E-state index in [0.717, 1.165) is 22.6 Å². The third kappa shape index (κ3) is 5.55. The maximum absolute atomic E-state index is 12.5. The molecule has 1 N–H and O–H groups in total. The molecule has 2 aromatic carbocycles. The predicted octanol–water partition coefficient (Wildman–Crippen LogP) is 5.87. The Morgan fingerprint density at radius 1 is 1.20 bits per heavy atom. The molecule has 3 rings (SSSR count). The fraction of sp³-hybridized carbons (Fsp3) is 0.273. The molecule has 1 heterocycles. The molecule has 3 aromatic rings. The molecule has 0 saturated heterocycles. The van der Waals surface area contributed by atoms with E-state index in [0.29, 0.717) is 39.9 Å². The number of nitrogens with one attached hydrogen (secondary N) is 1. The zero-order chi connectivity index (χ0) is 21.7. The lowest BCUT2D eigenvalue weighted by molar-refractivity contribution is -0.115. The number of rotatable bonds is 8. The molecular weight excluding hydrogens is 472 g/mol. The van der Waals surface area contributed by atoms with E-state index >= 15 is 0 Å². The van der Waals surface area contributed by atoms with Gasteiger partial charge in [-0.3, -0.25) is 4.79 Å². The van der Waals surface area contributed by atoms with Crippen molar-refractivity contribution in [3.63, 3.8) is 0 Å². The highest BCUT2D eigenvalue weighted by Gasteiger charge is 2.14. The lowest BCUT2D eigenvalue weighted by Crippen LogP contribution is -2.15. The van der Waals surface area contributed by atoms with Crippen molar-refractivity contribution in [3.05, 3.63) is 68.5 Å². The smallest absolute Gasteiger partial charge is 0.228 e. The highest BCUT2D eigenvalue weighted by molar-refractivity contribution is 9.10. The topological polar surface area (TPSA) is 73.6 Å². The van der Waals surface area contributed by atoms with Crippen molar-refractivity contribution in [1.82, 2.24) is 5.16 Å². The molecule has 0 fully saturated rings. The van der Waals surface area contributed by atoms with Crippen molar-refractivity contribution in [1.29, 1.82) is 0 Å². The van der Waals surface area contributed by atoms with E-state index in [1.54, 1.807) is 12.1 Å². The Bertz CT molecular complexity index is 1010. The number of halogens is 2. The van der Waals surface area contributed by atoms with E-state index in [4.69, 9.17) is 25.6 Å². The maximum Gasteiger partial charge on any atom is 0.228 e. The summed E-state index contributed by atoms with van der Waals surface area (Å²) in [4.78, 5) is 12.5. The molecule has 0 radical (unpaired) electrons. The number of hydrogen-bond donors (Lipinski definition) is 1. The fourth-order valence-electron chi connectivity index (χ4n) is 2.89. The van der Waals surface area contributed by atoms with Crippen molar-refractivity contribution in [3.8, 4) is 11.5 Å². The number of aromatic nitrogens is 1. The molecule has 1 aromatic heterocycles. The van der Waals surface area contributed by atoms with Gasteiger partial charge in [-0.05, 0) is 66.5 Å². The first-order valence-electron chi connectivity index (χ1n) is 9.42. The van der Waals surface area contributed by atoms with Crippen LogP contribution in [0.5, 0.6) is 11.5 Å². The van der Waals surface area contributed by atoms with Crippen molar-refractivity contribution in [2.45, 2.75) is 33.8 Å². The number of benzene rings is 2. The van der Waals surface area contributed by atoms with E-state index in [1.165, 1.54) is 0 Å². The monoisotopic (exact) mass is 492 g/mol. The van der Waals surface area contributed by atoms with Crippen LogP contribution in [0.4, 0.5) is 5.69 Å². The first-order valence-corrected chi connectivity index (χ1v) is 10.6. The molecule has 8 heteroatoms. The van der Waals surface area contributed by atoms with Gasteiger partial charge in [0, 0.05) is 5.02 Å². The molecule has 0 atom stereocenters. The molecular formula is C22H22BrClN2O4. The Morgan fingerprint density at radius 3 is 2.57 bits per heavy atom. The van der Waals surface area contributed by atoms with E-state index < -0.39 is 0 Å². The molecule has 0 aliphatic rings. The minimum atomic E-state index is -0.172. The third-order valence-electron chi connectivity index (χ3n) is 4.42. The maximum atomic E-state index is 12.5. The number of nitrogens with zero attached hydrogens (tertiary/aromatic N) is 1. The lowest BCUT2D eigenvalue weighted by atomic mass is 10.1. The third-order valence-corrected chi connectivity index (χ3v) is 5.23. The summed E-state index contributed by atoms with van der Waals surface area (Å²) in [5.41, 5.74) is 3.15. The number of carbonyl (C=O) groups is 1. The van der Waals surface area contributed by atoms with Crippen LogP contribution in [0.3, 0.4) is 0 Å². The van der Waals surface area contributed by atoms with Crippen molar-refractivity contribution in [2.24, 2.45) is 0 Å². The molecule has 0 bridgehead atoms. The first kappa shape index (κ1) is 22.2. The first-order chi connectivity index (χ1) is 14.4. The van der Waals surface area contributed by atoms with Gasteiger partial charge in [0.1, 0.15) is 18.1 Å². The van der Waals surface area contributed by atoms with Gasteiger partial charge in [0.2, 0.25) is 5.91 Å². The van der Waals surface area contributed by atoms with Gasteiger partial charge in [0.15, 0.2) is 5.75 Å². The lowest BCUT2D eigenvalue weighted by Gasteiger charge is -2.14. The standard InChI is InChI=1S/C22H22BrClN2O4/c1-4-28-22-19(23)10-16(24)11-20(22)25-21(27)9-15-5-7-17(8-6-15)29-12-18-13(2)26-30-14(18)3/h5-8,10-11H,4,9,12H2,1-3H3,(H,25,27). The summed E-state index contributed by atoms with van der Waals surface area (Å²) < 4.78 is 17.2. The van der Waals surface area contributed by atoms with E-state index in [1.807, 2.05) is 45.0 Å². The second-order valence-electron chi connectivity index (χ2n) is 6.66. The van der Waals surface area contributed by atoms with Crippen LogP contribution in [0, 0.1) is 13.8 Å². The van der Waals surface area contributed by atoms with Crippen molar-refractivity contribution in [2.75, 3.05) is 11.9 Å². The van der Waals surface area contributed by atoms with Gasteiger partial charge in [-0.2, -0.15) is 0 Å². The molecule has 6 nitrogen and oxygen atoms in total. The number of carbonyl (C=O) groups excluding carboxylic acids is 1. The number of amides is 1. The number of hydrogen-bond acceptors (Lipinski definition) is 5. The average Bonchev–Trinajstić information content (AvgIpc) is 3.01. The van der Waals surface area contributed by atoms with Gasteiger partial charge < -0.3 is 19.3 Å². The van der Waals surface area contributed by atoms with Crippen molar-refractivity contribution < 1.29 is 18.8 Å². The average molecular weight is 494 g/mol. The molecule has 0 aliphatic heterocycles. The van der Waals surface area contributed by atoms with Crippen LogP contribution >= 0.6 is 27.5 Å². The van der Waals surface area contributed by atoms with Crippen molar-refractivity contribution >= 4 is 39.1 Å². The van der Waals surface area contributed by atoms with Crippen LogP contribution in [0.2, 0.25) is 5.02 Å². The summed E-state index contributed by atoms with van der Waals surface area (Å²) in [7, 11) is 0. The van der Waals surface area contributed by atoms with Crippen LogP contribution in [-0.2, 0) is 17.8 Å². The van der Waals surface area contributed by atoms with Crippen LogP contribution in [0.15, 0.2) is 45.4 Å². The van der Waals surface area contributed by atoms with E-state index in [9.17, 15) is 4.79 Å². The van der Waals surface area contributed by atoms with Gasteiger partial charge in [-0.15, -0.1) is 0 Å². The highest BCUT2D eigenvalue weighted by Crippen LogP contribution is 2.36. The molecule has 158 valence electrons. The van der Waals surface area contributed by atoms with Crippen LogP contribution in [0.25, 0.3) is 0 Å². The Hall–Kier alpha value is -2.51. The summed E-state index contributed by atoms with van der Waals surface area (Å²) in [6.07, 6.45) is 0.208. The Labute approximate surface area is 188 Å². The molecule has 0 unspecified atom stereocenters. The quantitative estimate of drug-likeness (QED) is 0.425. The molecule has 0 saturated carbocycles. The van der Waals surface area contributed by atoms with E-state index in [-0.39, 0.29) is 12.3 Å². The summed E-state index contributed by atoms with van der Waals surface area (Å²) in [5.74, 6) is 1.84. The van der Waals surface area contributed by atoms with Gasteiger partial charge in [0.25, 0.3) is 0 Å². The van der Waals surface area contributed by atoms with Gasteiger partial charge in [0.05, 0.1) is 34.4 Å². The highest BCUT2D eigenvalue weighted by atomic mass is 79.9. The fourth-order valence-corrected chi connectivity index (χ4v) is 3.82. The SMILES string of the molecule is CCOc1c(Br)cc(Cl)cc1NC(=O)Cc1ccc(OCc2c(C)noc2C)cc1. The van der Waals surface area contributed by atoms with Crippen LogP contribution in [0.1, 0.15) is 29.5 Å². The summed E-state index contributed by atoms with van der Waals surface area (Å²) >= 11 is 9.53. The Morgan fingerprint density at radius 2 is 1.93 bits per heavy atom. The normalized spacial score (nSPS) is 10.7. The summed E-state index contributed by atoms with van der Waals surface area (Å²) in [6.45, 7) is 6.47. The second-order valence-corrected chi connectivity index (χ2v) is 7.95. The zero-order valence-electron chi connectivity index (χ0n) is 16.9. The molecule has 30 heavy (non-hydrogen) atoms. The van der Waals surface area contributed by atoms with E-state index in [2.05, 4.69) is 26.4 Å². The Balaban J connectivity index is 1.61. The van der Waals surface area contributed by atoms with Gasteiger partial charge in [-0.25, -0.2) is 0 Å². The zero-order valence-corrected chi connectivity index (χ0v) is 19.3. The van der Waals surface area contributed by atoms with Gasteiger partial charge >= 0.3 is 0 Å². The number of aryl methyl sites for hydroxylation is 2. The largest absolute Gasteiger partial charge is 0.491 e. The molecule has 1 amide bonds. The minimum absolute atomic E-state index is 0.172. The molecule has 0 aliphatic carbocycles. The second kappa shape index (κ2) is 10.00. The predicted molar refractivity (Wildman–Crippen MR) is 119 cm³/mol. The summed E-state index contributed by atoms with van der Waals surface area (Å²) in [5, 5.41) is 7.29. The van der Waals surface area contributed by atoms with Crippen LogP contribution in [-0.4, -0.2) is 17.7 Å². The summed E-state index contributed by atoms with van der Waals surface area (Å²) in [6, 6.07) is 10.8. The molecule has 0 spiro atoms. The number of ether oxygens (including phenoxy) is 2.